The largest absolute Gasteiger partial charge is 0.495 e. The first kappa shape index (κ1) is 13.8. The molecule has 2 N–H and O–H groups in total. The molecular weight excluding hydrogens is 256 g/mol. The minimum atomic E-state index is 0. The van der Waals surface area contributed by atoms with Crippen molar-refractivity contribution in [2.24, 2.45) is 5.73 Å². The second kappa shape index (κ2) is 5.87. The molecule has 1 heterocycles. The van der Waals surface area contributed by atoms with Crippen LogP contribution in [0.3, 0.4) is 0 Å². The van der Waals surface area contributed by atoms with Gasteiger partial charge in [0, 0.05) is 5.39 Å². The van der Waals surface area contributed by atoms with Crippen molar-refractivity contribution in [2.75, 3.05) is 13.7 Å². The molecule has 0 saturated heterocycles. The SMILES string of the molecule is COc1cccc2c(CCN)c(C#N)sc12.Cl. The van der Waals surface area contributed by atoms with Crippen molar-refractivity contribution in [1.29, 1.82) is 5.26 Å². The lowest BCUT2D eigenvalue weighted by molar-refractivity contribution is 0.420. The average Bonchev–Trinajstić information content (AvgIpc) is 2.68. The third-order valence-corrected chi connectivity index (χ3v) is 3.67. The Morgan fingerprint density at radius 2 is 2.24 bits per heavy atom. The molecule has 3 nitrogen and oxygen atoms in total. The van der Waals surface area contributed by atoms with E-state index in [9.17, 15) is 0 Å². The Kier molecular flexibility index (Phi) is 4.76. The van der Waals surface area contributed by atoms with Gasteiger partial charge in [0.2, 0.25) is 0 Å². The fraction of sp³-hybridized carbons (Fsp3) is 0.250. The van der Waals surface area contributed by atoms with Crippen LogP contribution < -0.4 is 10.5 Å². The molecule has 0 bridgehead atoms. The second-order valence-electron chi connectivity index (χ2n) is 3.40. The average molecular weight is 269 g/mol. The second-order valence-corrected chi connectivity index (χ2v) is 4.42. The number of methoxy groups -OCH3 is 1. The highest BCUT2D eigenvalue weighted by Crippen LogP contribution is 2.37. The van der Waals surface area contributed by atoms with Gasteiger partial charge in [-0.1, -0.05) is 12.1 Å². The Morgan fingerprint density at radius 3 is 2.82 bits per heavy atom. The van der Waals surface area contributed by atoms with E-state index in [0.717, 1.165) is 32.7 Å². The Labute approximate surface area is 110 Å². The Morgan fingerprint density at radius 1 is 1.47 bits per heavy atom. The molecule has 0 fully saturated rings. The summed E-state index contributed by atoms with van der Waals surface area (Å²) in [6, 6.07) is 8.09. The Balaban J connectivity index is 0.00000144. The molecule has 0 unspecified atom stereocenters. The van der Waals surface area contributed by atoms with Crippen LogP contribution in [0.25, 0.3) is 10.1 Å². The number of fused-ring (bicyclic) bond motifs is 1. The molecule has 17 heavy (non-hydrogen) atoms. The van der Waals surface area contributed by atoms with Crippen molar-refractivity contribution < 1.29 is 4.74 Å². The molecule has 0 amide bonds. The molecule has 0 aliphatic carbocycles. The number of ether oxygens (including phenoxy) is 1. The van der Waals surface area contributed by atoms with E-state index in [2.05, 4.69) is 6.07 Å². The molecule has 0 spiro atoms. The molecule has 1 aromatic heterocycles. The number of halogens is 1. The van der Waals surface area contributed by atoms with Gasteiger partial charge >= 0.3 is 0 Å². The van der Waals surface area contributed by atoms with E-state index in [1.807, 2.05) is 18.2 Å². The zero-order valence-corrected chi connectivity index (χ0v) is 11.0. The Bertz CT molecular complexity index is 559. The minimum Gasteiger partial charge on any atom is -0.495 e. The van der Waals surface area contributed by atoms with Crippen molar-refractivity contribution in [1.82, 2.24) is 0 Å². The number of hydrogen-bond donors (Lipinski definition) is 1. The minimum absolute atomic E-state index is 0. The van der Waals surface area contributed by atoms with E-state index in [0.29, 0.717) is 6.54 Å². The summed E-state index contributed by atoms with van der Waals surface area (Å²) in [6.07, 6.45) is 0.732. The van der Waals surface area contributed by atoms with Crippen LogP contribution in [0.4, 0.5) is 0 Å². The van der Waals surface area contributed by atoms with Gasteiger partial charge < -0.3 is 10.5 Å². The topological polar surface area (TPSA) is 59.0 Å². The van der Waals surface area contributed by atoms with Crippen molar-refractivity contribution in [3.8, 4) is 11.8 Å². The first-order valence-corrected chi connectivity index (χ1v) is 5.82. The summed E-state index contributed by atoms with van der Waals surface area (Å²) in [4.78, 5) is 0.741. The van der Waals surface area contributed by atoms with Gasteiger partial charge in [0.25, 0.3) is 0 Å². The summed E-state index contributed by atoms with van der Waals surface area (Å²) < 4.78 is 6.32. The summed E-state index contributed by atoms with van der Waals surface area (Å²) in [7, 11) is 1.64. The fourth-order valence-corrected chi connectivity index (χ4v) is 2.93. The number of nitrogens with two attached hydrogens (primary N) is 1. The standard InChI is InChI=1S/C12H12N2OS.ClH/c1-15-10-4-2-3-9-8(5-6-13)11(7-14)16-12(9)10;/h2-4H,5-6,13H2,1H3;1H. The van der Waals surface area contributed by atoms with Crippen LogP contribution in [0.15, 0.2) is 18.2 Å². The third kappa shape index (κ3) is 2.37. The molecule has 2 rings (SSSR count). The Hall–Kier alpha value is -1.28. The molecule has 2 aromatic rings. The van der Waals surface area contributed by atoms with Crippen LogP contribution in [-0.2, 0) is 6.42 Å². The summed E-state index contributed by atoms with van der Waals surface area (Å²) in [5.74, 6) is 0.822. The highest BCUT2D eigenvalue weighted by molar-refractivity contribution is 7.20. The first-order valence-electron chi connectivity index (χ1n) is 5.00. The summed E-state index contributed by atoms with van der Waals surface area (Å²) >= 11 is 1.47. The van der Waals surface area contributed by atoms with Gasteiger partial charge in [-0.25, -0.2) is 0 Å². The van der Waals surface area contributed by atoms with Crippen molar-refractivity contribution >= 4 is 33.8 Å². The quantitative estimate of drug-likeness (QED) is 0.931. The zero-order chi connectivity index (χ0) is 11.5. The van der Waals surface area contributed by atoms with E-state index in [1.165, 1.54) is 11.3 Å². The van der Waals surface area contributed by atoms with Crippen LogP contribution in [0.5, 0.6) is 5.75 Å². The monoisotopic (exact) mass is 268 g/mol. The van der Waals surface area contributed by atoms with Crippen LogP contribution >= 0.6 is 23.7 Å². The van der Waals surface area contributed by atoms with Crippen molar-refractivity contribution in [3.63, 3.8) is 0 Å². The lowest BCUT2D eigenvalue weighted by Crippen LogP contribution is -2.03. The first-order chi connectivity index (χ1) is 7.81. The van der Waals surface area contributed by atoms with Crippen LogP contribution in [-0.4, -0.2) is 13.7 Å². The third-order valence-electron chi connectivity index (χ3n) is 2.50. The van der Waals surface area contributed by atoms with Crippen molar-refractivity contribution in [2.45, 2.75) is 6.42 Å². The molecule has 0 aliphatic rings. The van der Waals surface area contributed by atoms with Gasteiger partial charge in [-0.15, -0.1) is 23.7 Å². The summed E-state index contributed by atoms with van der Waals surface area (Å²) in [5.41, 5.74) is 6.61. The maximum atomic E-state index is 9.09. The molecular formula is C12H13ClN2OS. The van der Waals surface area contributed by atoms with Crippen LogP contribution in [0, 0.1) is 11.3 Å². The summed E-state index contributed by atoms with van der Waals surface area (Å²) in [5, 5.41) is 10.2. The van der Waals surface area contributed by atoms with E-state index >= 15 is 0 Å². The molecule has 1 aromatic carbocycles. The lowest BCUT2D eigenvalue weighted by Gasteiger charge is -2.01. The van der Waals surface area contributed by atoms with Crippen LogP contribution in [0.1, 0.15) is 10.4 Å². The number of hydrogen-bond acceptors (Lipinski definition) is 4. The van der Waals surface area contributed by atoms with Crippen molar-refractivity contribution in [3.05, 3.63) is 28.6 Å². The predicted octanol–water partition coefficient (Wildman–Crippen LogP) is 2.70. The summed E-state index contributed by atoms with van der Waals surface area (Å²) in [6.45, 7) is 0.553. The molecule has 5 heteroatoms. The molecule has 0 saturated carbocycles. The van der Waals surface area contributed by atoms with E-state index in [-0.39, 0.29) is 12.4 Å². The fourth-order valence-electron chi connectivity index (χ4n) is 1.79. The number of benzene rings is 1. The highest BCUT2D eigenvalue weighted by Gasteiger charge is 2.13. The van der Waals surface area contributed by atoms with Gasteiger partial charge in [-0.2, -0.15) is 5.26 Å². The molecule has 0 radical (unpaired) electrons. The van der Waals surface area contributed by atoms with E-state index in [1.54, 1.807) is 7.11 Å². The maximum absolute atomic E-state index is 9.09. The normalized spacial score (nSPS) is 9.71. The van der Waals surface area contributed by atoms with Gasteiger partial charge in [-0.05, 0) is 24.6 Å². The molecule has 0 aliphatic heterocycles. The zero-order valence-electron chi connectivity index (χ0n) is 9.40. The number of thiophene rings is 1. The smallest absolute Gasteiger partial charge is 0.136 e. The van der Waals surface area contributed by atoms with Gasteiger partial charge in [0.05, 0.1) is 11.8 Å². The van der Waals surface area contributed by atoms with Crippen LogP contribution in [0.2, 0.25) is 0 Å². The lowest BCUT2D eigenvalue weighted by atomic mass is 10.1. The van der Waals surface area contributed by atoms with Gasteiger partial charge in [0.15, 0.2) is 0 Å². The van der Waals surface area contributed by atoms with Gasteiger partial charge in [-0.3, -0.25) is 0 Å². The number of nitriles is 1. The van der Waals surface area contributed by atoms with Gasteiger partial charge in [0.1, 0.15) is 16.7 Å². The number of nitrogens with zero attached hydrogens (tertiary/aromatic N) is 1. The van der Waals surface area contributed by atoms with E-state index in [4.69, 9.17) is 15.7 Å². The maximum Gasteiger partial charge on any atom is 0.136 e. The van der Waals surface area contributed by atoms with E-state index < -0.39 is 0 Å². The number of rotatable bonds is 3. The predicted molar refractivity (Wildman–Crippen MR) is 73.1 cm³/mol. The molecule has 0 atom stereocenters. The highest BCUT2D eigenvalue weighted by atomic mass is 35.5. The molecule has 90 valence electrons.